The van der Waals surface area contributed by atoms with Gasteiger partial charge in [-0.3, -0.25) is 0 Å². The highest BCUT2D eigenvalue weighted by atomic mass is 16.5. The van der Waals surface area contributed by atoms with Crippen LogP contribution >= 0.6 is 0 Å². The third-order valence-corrected chi connectivity index (χ3v) is 0.498. The van der Waals surface area contributed by atoms with Crippen molar-refractivity contribution in [1.82, 2.24) is 0 Å². The molecule has 7 heavy (non-hydrogen) atoms. The minimum atomic E-state index is 0.202. The topological polar surface area (TPSA) is 52.3 Å². The quantitative estimate of drug-likeness (QED) is 0.296. The molecule has 0 atom stereocenters. The largest absolute Gasteiger partial charge is 0.366 e. The van der Waals surface area contributed by atoms with E-state index in [0.29, 0.717) is 13.0 Å². The standard InChI is InChI=1S/C4H9NO2/c5-4-7-3-1-2-6/h2H,1,3-5H2. The number of ether oxygens (including phenoxy) is 1. The number of hydrogen-bond acceptors (Lipinski definition) is 3. The zero-order valence-electron chi connectivity index (χ0n) is 4.09. The van der Waals surface area contributed by atoms with Crippen LogP contribution in [0, 0.1) is 0 Å². The van der Waals surface area contributed by atoms with E-state index < -0.39 is 0 Å². The first-order chi connectivity index (χ1) is 3.41. The predicted octanol–water partition coefficient (Wildman–Crippen LogP) is -0.492. The maximum Gasteiger partial charge on any atom is 0.122 e. The Labute approximate surface area is 42.4 Å². The van der Waals surface area contributed by atoms with Crippen molar-refractivity contribution in [2.24, 2.45) is 5.73 Å². The van der Waals surface area contributed by atoms with Crippen LogP contribution in [-0.4, -0.2) is 19.6 Å². The molecule has 3 heteroatoms. The Kier molecular flexibility index (Phi) is 5.26. The lowest BCUT2D eigenvalue weighted by Gasteiger charge is -1.91. The second-order valence-corrected chi connectivity index (χ2v) is 1.03. The number of rotatable bonds is 4. The highest BCUT2D eigenvalue weighted by Gasteiger charge is 1.78. The molecule has 0 bridgehead atoms. The first kappa shape index (κ1) is 6.59. The Balaban J connectivity index is 2.56. The van der Waals surface area contributed by atoms with E-state index in [0.717, 1.165) is 6.29 Å². The summed E-state index contributed by atoms with van der Waals surface area (Å²) in [5, 5.41) is 0. The Morgan fingerprint density at radius 1 is 1.71 bits per heavy atom. The fourth-order valence-electron chi connectivity index (χ4n) is 0.215. The lowest BCUT2D eigenvalue weighted by molar-refractivity contribution is -0.108. The summed E-state index contributed by atoms with van der Waals surface area (Å²) < 4.78 is 4.62. The van der Waals surface area contributed by atoms with Crippen LogP contribution in [-0.2, 0) is 9.53 Å². The monoisotopic (exact) mass is 103 g/mol. The van der Waals surface area contributed by atoms with E-state index in [1.165, 1.54) is 0 Å². The third-order valence-electron chi connectivity index (χ3n) is 0.498. The highest BCUT2D eigenvalue weighted by molar-refractivity contribution is 5.49. The van der Waals surface area contributed by atoms with Crippen LogP contribution in [0.1, 0.15) is 6.42 Å². The molecule has 2 N–H and O–H groups in total. The Morgan fingerprint density at radius 3 is 2.86 bits per heavy atom. The summed E-state index contributed by atoms with van der Waals surface area (Å²) in [6.07, 6.45) is 1.24. The molecule has 0 aromatic rings. The average molecular weight is 103 g/mol. The van der Waals surface area contributed by atoms with Crippen molar-refractivity contribution in [3.8, 4) is 0 Å². The van der Waals surface area contributed by atoms with Crippen LogP contribution in [0.4, 0.5) is 0 Å². The number of carbonyl (C=O) groups is 1. The molecule has 0 saturated carbocycles. The molecule has 0 unspecified atom stereocenters. The van der Waals surface area contributed by atoms with E-state index in [1.807, 2.05) is 0 Å². The Bertz CT molecular complexity index is 47.0. The van der Waals surface area contributed by atoms with Crippen molar-refractivity contribution in [3.63, 3.8) is 0 Å². The summed E-state index contributed by atoms with van der Waals surface area (Å²) in [7, 11) is 0. The molecule has 0 aromatic heterocycles. The molecule has 0 aliphatic heterocycles. The van der Waals surface area contributed by atoms with E-state index in [9.17, 15) is 4.79 Å². The Hall–Kier alpha value is -0.410. The molecular weight excluding hydrogens is 94.0 g/mol. The van der Waals surface area contributed by atoms with Crippen LogP contribution in [0.25, 0.3) is 0 Å². The van der Waals surface area contributed by atoms with Gasteiger partial charge in [0, 0.05) is 6.42 Å². The molecule has 0 fully saturated rings. The van der Waals surface area contributed by atoms with Gasteiger partial charge in [0.15, 0.2) is 0 Å². The first-order valence-electron chi connectivity index (χ1n) is 2.13. The van der Waals surface area contributed by atoms with Gasteiger partial charge in [0.2, 0.25) is 0 Å². The van der Waals surface area contributed by atoms with E-state index in [1.54, 1.807) is 0 Å². The van der Waals surface area contributed by atoms with Gasteiger partial charge >= 0.3 is 0 Å². The van der Waals surface area contributed by atoms with Crippen molar-refractivity contribution < 1.29 is 9.53 Å². The first-order valence-corrected chi connectivity index (χ1v) is 2.13. The normalized spacial score (nSPS) is 8.71. The summed E-state index contributed by atoms with van der Waals surface area (Å²) in [5.74, 6) is 0. The minimum absolute atomic E-state index is 0.202. The highest BCUT2D eigenvalue weighted by Crippen LogP contribution is 1.71. The van der Waals surface area contributed by atoms with E-state index in [-0.39, 0.29) is 6.73 Å². The second-order valence-electron chi connectivity index (χ2n) is 1.03. The summed E-state index contributed by atoms with van der Waals surface area (Å²) in [5.41, 5.74) is 4.93. The SMILES string of the molecule is NCOCCC=O. The van der Waals surface area contributed by atoms with Crippen molar-refractivity contribution in [3.05, 3.63) is 0 Å². The van der Waals surface area contributed by atoms with Crippen LogP contribution in [0.5, 0.6) is 0 Å². The number of hydrogen-bond donors (Lipinski definition) is 1. The lowest BCUT2D eigenvalue weighted by atomic mass is 10.5. The number of aldehydes is 1. The number of carbonyl (C=O) groups excluding carboxylic acids is 1. The molecule has 3 nitrogen and oxygen atoms in total. The Morgan fingerprint density at radius 2 is 2.43 bits per heavy atom. The summed E-state index contributed by atoms with van der Waals surface area (Å²) >= 11 is 0. The zero-order chi connectivity index (χ0) is 5.54. The summed E-state index contributed by atoms with van der Waals surface area (Å²) in [6.45, 7) is 0.647. The fourth-order valence-corrected chi connectivity index (χ4v) is 0.215. The van der Waals surface area contributed by atoms with Gasteiger partial charge in [0.05, 0.1) is 13.3 Å². The van der Waals surface area contributed by atoms with Crippen molar-refractivity contribution in [1.29, 1.82) is 0 Å². The molecule has 0 heterocycles. The van der Waals surface area contributed by atoms with E-state index in [2.05, 4.69) is 4.74 Å². The van der Waals surface area contributed by atoms with Gasteiger partial charge < -0.3 is 15.3 Å². The zero-order valence-corrected chi connectivity index (χ0v) is 4.09. The maximum atomic E-state index is 9.56. The van der Waals surface area contributed by atoms with Crippen LogP contribution in [0.15, 0.2) is 0 Å². The van der Waals surface area contributed by atoms with Crippen LogP contribution in [0.3, 0.4) is 0 Å². The van der Waals surface area contributed by atoms with Crippen LogP contribution < -0.4 is 5.73 Å². The van der Waals surface area contributed by atoms with Gasteiger partial charge in [0.25, 0.3) is 0 Å². The van der Waals surface area contributed by atoms with E-state index >= 15 is 0 Å². The van der Waals surface area contributed by atoms with Crippen LogP contribution in [0.2, 0.25) is 0 Å². The molecular formula is C4H9NO2. The molecule has 0 aliphatic rings. The summed E-state index contributed by atoms with van der Waals surface area (Å²) in [6, 6.07) is 0. The molecule has 0 spiro atoms. The van der Waals surface area contributed by atoms with Gasteiger partial charge in [0.1, 0.15) is 6.29 Å². The molecule has 0 aliphatic carbocycles. The van der Waals surface area contributed by atoms with Crippen molar-refractivity contribution >= 4 is 6.29 Å². The lowest BCUT2D eigenvalue weighted by Crippen LogP contribution is -2.05. The second kappa shape index (κ2) is 5.59. The minimum Gasteiger partial charge on any atom is -0.366 e. The van der Waals surface area contributed by atoms with Gasteiger partial charge in [-0.2, -0.15) is 0 Å². The van der Waals surface area contributed by atoms with E-state index in [4.69, 9.17) is 5.73 Å². The molecule has 0 radical (unpaired) electrons. The number of nitrogens with two attached hydrogens (primary N) is 1. The van der Waals surface area contributed by atoms with Gasteiger partial charge in [-0.15, -0.1) is 0 Å². The van der Waals surface area contributed by atoms with Gasteiger partial charge in [-0.05, 0) is 0 Å². The summed E-state index contributed by atoms with van der Waals surface area (Å²) in [4.78, 5) is 9.56. The third kappa shape index (κ3) is 5.59. The predicted molar refractivity (Wildman–Crippen MR) is 25.7 cm³/mol. The molecule has 0 rings (SSSR count). The smallest absolute Gasteiger partial charge is 0.122 e. The van der Waals surface area contributed by atoms with Crippen molar-refractivity contribution in [2.75, 3.05) is 13.3 Å². The fraction of sp³-hybridized carbons (Fsp3) is 0.750. The van der Waals surface area contributed by atoms with Gasteiger partial charge in [-0.25, -0.2) is 0 Å². The van der Waals surface area contributed by atoms with Crippen molar-refractivity contribution in [2.45, 2.75) is 6.42 Å². The molecule has 0 saturated heterocycles. The molecule has 42 valence electrons. The maximum absolute atomic E-state index is 9.56. The molecule has 0 aromatic carbocycles. The molecule has 0 amide bonds. The van der Waals surface area contributed by atoms with Gasteiger partial charge in [-0.1, -0.05) is 0 Å². The average Bonchev–Trinajstić information content (AvgIpc) is 1.69.